The molecule has 0 aromatic carbocycles. The number of rotatable bonds is 6. The van der Waals surface area contributed by atoms with Crippen LogP contribution in [0.1, 0.15) is 45.2 Å². The molecule has 1 unspecified atom stereocenters. The van der Waals surface area contributed by atoms with Crippen molar-refractivity contribution in [1.82, 2.24) is 15.5 Å². The van der Waals surface area contributed by atoms with E-state index in [4.69, 9.17) is 0 Å². The molecule has 0 spiro atoms. The Kier molecular flexibility index (Phi) is 5.26. The first-order chi connectivity index (χ1) is 7.24. The third-order valence-electron chi connectivity index (χ3n) is 2.49. The Morgan fingerprint density at radius 3 is 2.60 bits per heavy atom. The lowest BCUT2D eigenvalue weighted by atomic mass is 9.99. The van der Waals surface area contributed by atoms with E-state index in [1.54, 1.807) is 6.20 Å². The molecule has 1 rings (SSSR count). The Hall–Kier alpha value is -0.960. The van der Waals surface area contributed by atoms with E-state index in [0.29, 0.717) is 6.04 Å². The van der Waals surface area contributed by atoms with E-state index in [1.807, 2.05) is 12.3 Å². The van der Waals surface area contributed by atoms with Crippen LogP contribution < -0.4 is 5.32 Å². The van der Waals surface area contributed by atoms with Crippen LogP contribution in [0.15, 0.2) is 18.5 Å². The molecule has 1 aromatic heterocycles. The van der Waals surface area contributed by atoms with Gasteiger partial charge in [-0.1, -0.05) is 20.8 Å². The Bertz CT molecular complexity index is 259. The lowest BCUT2D eigenvalue weighted by molar-refractivity contribution is 0.447. The van der Waals surface area contributed by atoms with E-state index in [0.717, 1.165) is 18.9 Å². The SMILES string of the molecule is CCNC(CCC(C)C)c1ccnnc1. The van der Waals surface area contributed by atoms with Crippen LogP contribution in [0.4, 0.5) is 0 Å². The Morgan fingerprint density at radius 1 is 1.27 bits per heavy atom. The van der Waals surface area contributed by atoms with Crippen molar-refractivity contribution in [2.75, 3.05) is 6.54 Å². The summed E-state index contributed by atoms with van der Waals surface area (Å²) in [7, 11) is 0. The first-order valence-corrected chi connectivity index (χ1v) is 5.74. The molecule has 3 nitrogen and oxygen atoms in total. The molecular weight excluding hydrogens is 186 g/mol. The lowest BCUT2D eigenvalue weighted by Crippen LogP contribution is -2.21. The van der Waals surface area contributed by atoms with Gasteiger partial charge in [0.1, 0.15) is 0 Å². The van der Waals surface area contributed by atoms with Crippen molar-refractivity contribution in [3.8, 4) is 0 Å². The molecule has 0 fully saturated rings. The Morgan fingerprint density at radius 2 is 2.07 bits per heavy atom. The van der Waals surface area contributed by atoms with E-state index in [1.165, 1.54) is 12.0 Å². The van der Waals surface area contributed by atoms with Crippen molar-refractivity contribution in [3.63, 3.8) is 0 Å². The van der Waals surface area contributed by atoms with Gasteiger partial charge in [0.2, 0.25) is 0 Å². The molecule has 0 saturated heterocycles. The third-order valence-corrected chi connectivity index (χ3v) is 2.49. The summed E-state index contributed by atoms with van der Waals surface area (Å²) in [6, 6.07) is 2.47. The van der Waals surface area contributed by atoms with Crippen LogP contribution in [0.3, 0.4) is 0 Å². The highest BCUT2D eigenvalue weighted by Gasteiger charge is 2.10. The molecule has 3 heteroatoms. The predicted molar refractivity (Wildman–Crippen MR) is 62.5 cm³/mol. The highest BCUT2D eigenvalue weighted by atomic mass is 15.1. The Balaban J connectivity index is 2.57. The van der Waals surface area contributed by atoms with E-state index < -0.39 is 0 Å². The van der Waals surface area contributed by atoms with Crippen LogP contribution in [-0.2, 0) is 0 Å². The summed E-state index contributed by atoms with van der Waals surface area (Å²) < 4.78 is 0. The van der Waals surface area contributed by atoms with Crippen molar-refractivity contribution in [2.24, 2.45) is 5.92 Å². The standard InChI is InChI=1S/C12H21N3/c1-4-13-12(6-5-10(2)3)11-7-8-14-15-9-11/h7-10,12-13H,4-6H2,1-3H3. The fourth-order valence-electron chi connectivity index (χ4n) is 1.64. The third kappa shape index (κ3) is 4.38. The average Bonchev–Trinajstić information content (AvgIpc) is 2.25. The van der Waals surface area contributed by atoms with Crippen molar-refractivity contribution in [3.05, 3.63) is 24.0 Å². The normalized spacial score (nSPS) is 13.1. The second-order valence-corrected chi connectivity index (χ2v) is 4.26. The summed E-state index contributed by atoms with van der Waals surface area (Å²) in [6.07, 6.45) is 6.01. The Labute approximate surface area is 92.3 Å². The molecule has 0 saturated carbocycles. The van der Waals surface area contributed by atoms with Crippen molar-refractivity contribution >= 4 is 0 Å². The maximum Gasteiger partial charge on any atom is 0.0544 e. The fraction of sp³-hybridized carbons (Fsp3) is 0.667. The summed E-state index contributed by atoms with van der Waals surface area (Å²) in [5.74, 6) is 0.751. The molecule has 0 amide bonds. The zero-order valence-electron chi connectivity index (χ0n) is 9.90. The summed E-state index contributed by atoms with van der Waals surface area (Å²) in [4.78, 5) is 0. The van der Waals surface area contributed by atoms with Gasteiger partial charge in [-0.05, 0) is 36.9 Å². The smallest absolute Gasteiger partial charge is 0.0544 e. The second-order valence-electron chi connectivity index (χ2n) is 4.26. The maximum absolute atomic E-state index is 3.92. The molecule has 1 heterocycles. The minimum Gasteiger partial charge on any atom is -0.310 e. The van der Waals surface area contributed by atoms with Crippen LogP contribution in [0.2, 0.25) is 0 Å². The average molecular weight is 207 g/mol. The number of nitrogens with zero attached hydrogens (tertiary/aromatic N) is 2. The minimum absolute atomic E-state index is 0.424. The molecule has 0 bridgehead atoms. The molecule has 0 radical (unpaired) electrons. The molecule has 1 aromatic rings. The van der Waals surface area contributed by atoms with Gasteiger partial charge in [0.05, 0.1) is 6.20 Å². The molecular formula is C12H21N3. The largest absolute Gasteiger partial charge is 0.310 e. The molecule has 84 valence electrons. The van der Waals surface area contributed by atoms with E-state index >= 15 is 0 Å². The minimum atomic E-state index is 0.424. The molecule has 0 aliphatic heterocycles. The summed E-state index contributed by atoms with van der Waals surface area (Å²) in [5, 5.41) is 11.2. The molecule has 1 N–H and O–H groups in total. The van der Waals surface area contributed by atoms with E-state index in [2.05, 4.69) is 36.3 Å². The van der Waals surface area contributed by atoms with Crippen LogP contribution in [0.5, 0.6) is 0 Å². The van der Waals surface area contributed by atoms with Gasteiger partial charge in [0.25, 0.3) is 0 Å². The quantitative estimate of drug-likeness (QED) is 0.779. The molecule has 0 aliphatic carbocycles. The van der Waals surface area contributed by atoms with Crippen LogP contribution >= 0.6 is 0 Å². The van der Waals surface area contributed by atoms with Gasteiger partial charge in [-0.15, -0.1) is 0 Å². The van der Waals surface area contributed by atoms with Crippen LogP contribution in [0, 0.1) is 5.92 Å². The van der Waals surface area contributed by atoms with Gasteiger partial charge in [-0.2, -0.15) is 10.2 Å². The molecule has 1 atom stereocenters. The first-order valence-electron chi connectivity index (χ1n) is 5.74. The first kappa shape index (κ1) is 12.1. The molecule has 15 heavy (non-hydrogen) atoms. The monoisotopic (exact) mass is 207 g/mol. The summed E-state index contributed by atoms with van der Waals surface area (Å²) in [5.41, 5.74) is 1.24. The number of hydrogen-bond donors (Lipinski definition) is 1. The van der Waals surface area contributed by atoms with Gasteiger partial charge in [0, 0.05) is 12.2 Å². The zero-order valence-corrected chi connectivity index (χ0v) is 9.90. The van der Waals surface area contributed by atoms with Crippen LogP contribution in [0.25, 0.3) is 0 Å². The summed E-state index contributed by atoms with van der Waals surface area (Å²) >= 11 is 0. The number of nitrogens with one attached hydrogen (secondary N) is 1. The zero-order chi connectivity index (χ0) is 11.1. The van der Waals surface area contributed by atoms with Gasteiger partial charge in [-0.3, -0.25) is 0 Å². The topological polar surface area (TPSA) is 37.8 Å². The number of hydrogen-bond acceptors (Lipinski definition) is 3. The second kappa shape index (κ2) is 6.51. The molecule has 0 aliphatic rings. The van der Waals surface area contributed by atoms with E-state index in [9.17, 15) is 0 Å². The number of aromatic nitrogens is 2. The van der Waals surface area contributed by atoms with Crippen molar-refractivity contribution in [1.29, 1.82) is 0 Å². The van der Waals surface area contributed by atoms with Gasteiger partial charge < -0.3 is 5.32 Å². The summed E-state index contributed by atoms with van der Waals surface area (Å²) in [6.45, 7) is 7.64. The fourth-order valence-corrected chi connectivity index (χ4v) is 1.64. The van der Waals surface area contributed by atoms with Crippen molar-refractivity contribution in [2.45, 2.75) is 39.7 Å². The van der Waals surface area contributed by atoms with Gasteiger partial charge >= 0.3 is 0 Å². The maximum atomic E-state index is 3.92. The van der Waals surface area contributed by atoms with Crippen molar-refractivity contribution < 1.29 is 0 Å². The highest BCUT2D eigenvalue weighted by molar-refractivity contribution is 5.11. The lowest BCUT2D eigenvalue weighted by Gasteiger charge is -2.18. The highest BCUT2D eigenvalue weighted by Crippen LogP contribution is 2.19. The van der Waals surface area contributed by atoms with Crippen LogP contribution in [-0.4, -0.2) is 16.7 Å². The van der Waals surface area contributed by atoms with E-state index in [-0.39, 0.29) is 0 Å². The van der Waals surface area contributed by atoms with Gasteiger partial charge in [-0.25, -0.2) is 0 Å². The van der Waals surface area contributed by atoms with Gasteiger partial charge in [0.15, 0.2) is 0 Å². The predicted octanol–water partition coefficient (Wildman–Crippen LogP) is 2.56.